The van der Waals surface area contributed by atoms with Crippen LogP contribution in [0.3, 0.4) is 0 Å². The molecule has 2 N–H and O–H groups in total. The number of nitrogens with one attached hydrogen (secondary N) is 1. The van der Waals surface area contributed by atoms with Gasteiger partial charge in [0.1, 0.15) is 5.82 Å². The predicted molar refractivity (Wildman–Crippen MR) is 74.3 cm³/mol. The minimum atomic E-state index is -3.64. The van der Waals surface area contributed by atoms with Crippen molar-refractivity contribution in [2.24, 2.45) is 0 Å². The largest absolute Gasteiger partial charge is 0.395 e. The quantitative estimate of drug-likeness (QED) is 0.767. The van der Waals surface area contributed by atoms with E-state index in [-0.39, 0.29) is 24.7 Å². The summed E-state index contributed by atoms with van der Waals surface area (Å²) < 4.78 is 43.7. The molecule has 1 aromatic rings. The normalized spacial score (nSPS) is 10.8. The molecular weight excluding hydrogens is 285 g/mol. The first-order chi connectivity index (χ1) is 9.48. The summed E-state index contributed by atoms with van der Waals surface area (Å²) in [4.78, 5) is 0. The topological polar surface area (TPSA) is 75.6 Å². The van der Waals surface area contributed by atoms with Gasteiger partial charge in [-0.2, -0.15) is 0 Å². The van der Waals surface area contributed by atoms with Crippen LogP contribution in [0.25, 0.3) is 0 Å². The highest BCUT2D eigenvalue weighted by Crippen LogP contribution is 2.16. The molecule has 0 saturated carbocycles. The smallest absolute Gasteiger partial charge is 0.235 e. The van der Waals surface area contributed by atoms with Crippen molar-refractivity contribution in [3.8, 4) is 11.8 Å². The van der Waals surface area contributed by atoms with Gasteiger partial charge in [0.15, 0.2) is 0 Å². The van der Waals surface area contributed by atoms with E-state index in [0.717, 1.165) is 6.07 Å². The molecule has 0 radical (unpaired) electrons. The average Bonchev–Trinajstić information content (AvgIpc) is 2.40. The molecule has 110 valence electrons. The summed E-state index contributed by atoms with van der Waals surface area (Å²) in [6, 6.07) is 3.95. The fraction of sp³-hybridized carbons (Fsp3) is 0.385. The molecule has 0 atom stereocenters. The summed E-state index contributed by atoms with van der Waals surface area (Å²) in [7, 11) is -2.25. The number of methoxy groups -OCH3 is 1. The molecule has 0 bridgehead atoms. The maximum atomic E-state index is 13.7. The minimum absolute atomic E-state index is 0.0294. The van der Waals surface area contributed by atoms with E-state index in [9.17, 15) is 12.8 Å². The predicted octanol–water partition coefficient (Wildman–Crippen LogP) is 0.948. The fourth-order valence-corrected chi connectivity index (χ4v) is 2.30. The molecule has 0 fully saturated rings. The SMILES string of the molecule is COCCS(=O)(=O)Nc1ccc(C#CCCO)cc1F. The van der Waals surface area contributed by atoms with Gasteiger partial charge in [-0.15, -0.1) is 0 Å². The van der Waals surface area contributed by atoms with Gasteiger partial charge >= 0.3 is 0 Å². The number of ether oxygens (including phenoxy) is 1. The zero-order valence-electron chi connectivity index (χ0n) is 11.0. The standard InChI is InChI=1S/C13H16FNO4S/c1-19-8-9-20(17,18)15-13-6-5-11(10-12(13)14)4-2-3-7-16/h5-6,10,15-16H,3,7-9H2,1H3. The lowest BCUT2D eigenvalue weighted by Crippen LogP contribution is -2.20. The van der Waals surface area contributed by atoms with Gasteiger partial charge in [0.2, 0.25) is 10.0 Å². The van der Waals surface area contributed by atoms with Gasteiger partial charge in [-0.25, -0.2) is 12.8 Å². The summed E-state index contributed by atoms with van der Waals surface area (Å²) in [5.41, 5.74) is 0.282. The number of anilines is 1. The van der Waals surface area contributed by atoms with Crippen molar-refractivity contribution in [2.75, 3.05) is 30.8 Å². The van der Waals surface area contributed by atoms with Crippen LogP contribution >= 0.6 is 0 Å². The van der Waals surface area contributed by atoms with Gasteiger partial charge < -0.3 is 9.84 Å². The minimum Gasteiger partial charge on any atom is -0.395 e. The zero-order chi connectivity index (χ0) is 15.0. The molecule has 0 aliphatic heterocycles. The number of hydrogen-bond acceptors (Lipinski definition) is 4. The Morgan fingerprint density at radius 3 is 2.80 bits per heavy atom. The molecular formula is C13H16FNO4S. The molecule has 0 saturated heterocycles. The highest BCUT2D eigenvalue weighted by atomic mass is 32.2. The van der Waals surface area contributed by atoms with E-state index in [1.54, 1.807) is 0 Å². The van der Waals surface area contributed by atoms with Crippen LogP contribution in [0, 0.1) is 17.7 Å². The fourth-order valence-electron chi connectivity index (χ4n) is 1.31. The number of aliphatic hydroxyl groups excluding tert-OH is 1. The number of halogens is 1. The Bertz CT molecular complexity index is 605. The second kappa shape index (κ2) is 7.85. The molecule has 1 aromatic carbocycles. The van der Waals surface area contributed by atoms with Gasteiger partial charge in [0, 0.05) is 19.1 Å². The molecule has 1 rings (SSSR count). The lowest BCUT2D eigenvalue weighted by Gasteiger charge is -2.08. The molecule has 5 nitrogen and oxygen atoms in total. The summed E-state index contributed by atoms with van der Waals surface area (Å²) in [6.07, 6.45) is 0.299. The van der Waals surface area contributed by atoms with E-state index < -0.39 is 15.8 Å². The summed E-state index contributed by atoms with van der Waals surface area (Å²) in [5.74, 6) is 4.36. The zero-order valence-corrected chi connectivity index (χ0v) is 11.8. The first-order valence-electron chi connectivity index (χ1n) is 5.87. The highest BCUT2D eigenvalue weighted by Gasteiger charge is 2.13. The van der Waals surface area contributed by atoms with Crippen molar-refractivity contribution < 1.29 is 22.7 Å². The van der Waals surface area contributed by atoms with Crippen molar-refractivity contribution in [3.05, 3.63) is 29.6 Å². The summed E-state index contributed by atoms with van der Waals surface area (Å²) >= 11 is 0. The van der Waals surface area contributed by atoms with Crippen LogP contribution in [0.5, 0.6) is 0 Å². The molecule has 0 spiro atoms. The molecule has 0 heterocycles. The monoisotopic (exact) mass is 301 g/mol. The molecule has 0 aromatic heterocycles. The average molecular weight is 301 g/mol. The van der Waals surface area contributed by atoms with Gasteiger partial charge in [-0.05, 0) is 18.2 Å². The van der Waals surface area contributed by atoms with Crippen LogP contribution in [-0.4, -0.2) is 39.6 Å². The third-order valence-corrected chi connectivity index (χ3v) is 3.50. The van der Waals surface area contributed by atoms with Gasteiger partial charge in [0.05, 0.1) is 24.7 Å². The van der Waals surface area contributed by atoms with E-state index in [2.05, 4.69) is 21.3 Å². The number of rotatable bonds is 6. The van der Waals surface area contributed by atoms with E-state index in [4.69, 9.17) is 5.11 Å². The van der Waals surface area contributed by atoms with Crippen molar-refractivity contribution in [2.45, 2.75) is 6.42 Å². The van der Waals surface area contributed by atoms with Crippen molar-refractivity contribution in [1.82, 2.24) is 0 Å². The molecule has 0 amide bonds. The van der Waals surface area contributed by atoms with E-state index >= 15 is 0 Å². The number of aliphatic hydroxyl groups is 1. The Hall–Kier alpha value is -1.62. The lowest BCUT2D eigenvalue weighted by atomic mass is 10.2. The Labute approximate surface area is 117 Å². The van der Waals surface area contributed by atoms with Crippen LogP contribution in [-0.2, 0) is 14.8 Å². The van der Waals surface area contributed by atoms with Crippen molar-refractivity contribution in [1.29, 1.82) is 0 Å². The van der Waals surface area contributed by atoms with E-state index in [1.165, 1.54) is 19.2 Å². The Morgan fingerprint density at radius 1 is 1.45 bits per heavy atom. The van der Waals surface area contributed by atoms with Gasteiger partial charge in [-0.1, -0.05) is 11.8 Å². The Kier molecular flexibility index (Phi) is 6.45. The first-order valence-corrected chi connectivity index (χ1v) is 7.52. The maximum Gasteiger partial charge on any atom is 0.235 e. The van der Waals surface area contributed by atoms with Crippen LogP contribution in [0.2, 0.25) is 0 Å². The van der Waals surface area contributed by atoms with E-state index in [0.29, 0.717) is 12.0 Å². The van der Waals surface area contributed by atoms with E-state index in [1.807, 2.05) is 0 Å². The van der Waals surface area contributed by atoms with Crippen LogP contribution in [0.4, 0.5) is 10.1 Å². The Balaban J connectivity index is 2.81. The first kappa shape index (κ1) is 16.4. The van der Waals surface area contributed by atoms with Crippen LogP contribution in [0.15, 0.2) is 18.2 Å². The summed E-state index contributed by atoms with van der Waals surface area (Å²) in [6.45, 7) is -0.0332. The molecule has 0 aliphatic rings. The van der Waals surface area contributed by atoms with Crippen LogP contribution < -0.4 is 4.72 Å². The second-order valence-corrected chi connectivity index (χ2v) is 5.73. The number of benzene rings is 1. The molecule has 20 heavy (non-hydrogen) atoms. The lowest BCUT2D eigenvalue weighted by molar-refractivity contribution is 0.217. The van der Waals surface area contributed by atoms with Crippen molar-refractivity contribution in [3.63, 3.8) is 0 Å². The van der Waals surface area contributed by atoms with Crippen LogP contribution in [0.1, 0.15) is 12.0 Å². The van der Waals surface area contributed by atoms with Crippen molar-refractivity contribution >= 4 is 15.7 Å². The third-order valence-electron chi connectivity index (χ3n) is 2.26. The third kappa shape index (κ3) is 5.57. The molecule has 0 unspecified atom stereocenters. The number of sulfonamides is 1. The second-order valence-electron chi connectivity index (χ2n) is 3.88. The van der Waals surface area contributed by atoms with Gasteiger partial charge in [0.25, 0.3) is 0 Å². The molecule has 7 heteroatoms. The maximum absolute atomic E-state index is 13.7. The molecule has 0 aliphatic carbocycles. The Morgan fingerprint density at radius 2 is 2.20 bits per heavy atom. The summed E-state index contributed by atoms with van der Waals surface area (Å²) in [5, 5.41) is 8.58. The number of hydrogen-bond donors (Lipinski definition) is 2. The van der Waals surface area contributed by atoms with Gasteiger partial charge in [-0.3, -0.25) is 4.72 Å². The highest BCUT2D eigenvalue weighted by molar-refractivity contribution is 7.92.